The zero-order valence-electron chi connectivity index (χ0n) is 10.0. The highest BCUT2D eigenvalue weighted by Gasteiger charge is 2.31. The van der Waals surface area contributed by atoms with Crippen molar-refractivity contribution >= 4 is 16.6 Å². The van der Waals surface area contributed by atoms with E-state index < -0.39 is 0 Å². The molecule has 0 heterocycles. The molecular weight excluding hydrogens is 208 g/mol. The molecule has 0 aromatic heterocycles. The molecule has 1 nitrogen and oxygen atoms in total. The molecule has 0 bridgehead atoms. The van der Waals surface area contributed by atoms with Crippen molar-refractivity contribution in [1.82, 2.24) is 0 Å². The maximum Gasteiger partial charge on any atom is 0.136 e. The van der Waals surface area contributed by atoms with E-state index in [2.05, 4.69) is 49.4 Å². The lowest BCUT2D eigenvalue weighted by molar-refractivity contribution is -0.120. The number of Topliss-reactive ketones (excluding diaryl/α,β-unsaturated/α-hetero) is 1. The molecule has 0 aliphatic heterocycles. The molecule has 3 rings (SSSR count). The molecule has 0 saturated heterocycles. The third-order valence-corrected chi connectivity index (χ3v) is 4.01. The van der Waals surface area contributed by atoms with Crippen LogP contribution >= 0.6 is 0 Å². The number of carbonyl (C=O) groups is 1. The summed E-state index contributed by atoms with van der Waals surface area (Å²) in [7, 11) is 0. The van der Waals surface area contributed by atoms with Crippen LogP contribution in [0.1, 0.15) is 31.2 Å². The molecular formula is C16H16O. The van der Waals surface area contributed by atoms with Crippen LogP contribution in [0.5, 0.6) is 0 Å². The summed E-state index contributed by atoms with van der Waals surface area (Å²) in [6.45, 7) is 2.06. The molecule has 2 atom stereocenters. The number of carbonyl (C=O) groups excluding carboxylic acids is 1. The van der Waals surface area contributed by atoms with Crippen LogP contribution in [-0.4, -0.2) is 5.78 Å². The highest BCUT2D eigenvalue weighted by molar-refractivity contribution is 5.86. The molecule has 1 aliphatic rings. The van der Waals surface area contributed by atoms with E-state index in [0.717, 1.165) is 12.8 Å². The number of hydrogen-bond donors (Lipinski definition) is 0. The minimum absolute atomic E-state index is 0.191. The van der Waals surface area contributed by atoms with Gasteiger partial charge in [-0.1, -0.05) is 49.4 Å². The van der Waals surface area contributed by atoms with Crippen molar-refractivity contribution < 1.29 is 4.79 Å². The van der Waals surface area contributed by atoms with Gasteiger partial charge in [-0.15, -0.1) is 0 Å². The van der Waals surface area contributed by atoms with Crippen LogP contribution in [0.25, 0.3) is 10.8 Å². The van der Waals surface area contributed by atoms with Crippen molar-refractivity contribution in [2.24, 2.45) is 5.92 Å². The van der Waals surface area contributed by atoms with Gasteiger partial charge in [-0.05, 0) is 28.7 Å². The van der Waals surface area contributed by atoms with Gasteiger partial charge < -0.3 is 0 Å². The van der Waals surface area contributed by atoms with Crippen LogP contribution in [0.3, 0.4) is 0 Å². The Kier molecular flexibility index (Phi) is 2.47. The molecule has 2 unspecified atom stereocenters. The molecule has 0 radical (unpaired) electrons. The number of ketones is 1. The van der Waals surface area contributed by atoms with E-state index in [1.54, 1.807) is 0 Å². The summed E-state index contributed by atoms with van der Waals surface area (Å²) in [4.78, 5) is 11.6. The third-order valence-electron chi connectivity index (χ3n) is 4.01. The summed E-state index contributed by atoms with van der Waals surface area (Å²) in [6.07, 6.45) is 1.76. The SMILES string of the molecule is CC1C(=O)CCC1c1ccc2ccccc2c1. The fraction of sp³-hybridized carbons (Fsp3) is 0.312. The predicted molar refractivity (Wildman–Crippen MR) is 70.1 cm³/mol. The van der Waals surface area contributed by atoms with Crippen LogP contribution in [0.15, 0.2) is 42.5 Å². The first kappa shape index (κ1) is 10.5. The average molecular weight is 224 g/mol. The number of fused-ring (bicyclic) bond motifs is 1. The Hall–Kier alpha value is -1.63. The number of benzene rings is 2. The van der Waals surface area contributed by atoms with Crippen LogP contribution in [0, 0.1) is 5.92 Å². The first-order valence-electron chi connectivity index (χ1n) is 6.27. The summed E-state index contributed by atoms with van der Waals surface area (Å²) in [6, 6.07) is 15.0. The molecule has 0 spiro atoms. The minimum atomic E-state index is 0.191. The maximum absolute atomic E-state index is 11.6. The van der Waals surface area contributed by atoms with E-state index >= 15 is 0 Å². The summed E-state index contributed by atoms with van der Waals surface area (Å²) < 4.78 is 0. The van der Waals surface area contributed by atoms with Gasteiger partial charge in [-0.3, -0.25) is 4.79 Å². The van der Waals surface area contributed by atoms with Gasteiger partial charge in [-0.25, -0.2) is 0 Å². The Labute approximate surface area is 101 Å². The summed E-state index contributed by atoms with van der Waals surface area (Å²) >= 11 is 0. The smallest absolute Gasteiger partial charge is 0.136 e. The van der Waals surface area contributed by atoms with E-state index in [1.165, 1.54) is 16.3 Å². The monoisotopic (exact) mass is 224 g/mol. The number of hydrogen-bond acceptors (Lipinski definition) is 1. The quantitative estimate of drug-likeness (QED) is 0.717. The van der Waals surface area contributed by atoms with Crippen molar-refractivity contribution in [3.63, 3.8) is 0 Å². The van der Waals surface area contributed by atoms with E-state index in [1.807, 2.05) is 0 Å². The summed E-state index contributed by atoms with van der Waals surface area (Å²) in [5, 5.41) is 2.55. The Balaban J connectivity index is 2.04. The molecule has 0 amide bonds. The Morgan fingerprint density at radius 1 is 1.06 bits per heavy atom. The molecule has 1 saturated carbocycles. The van der Waals surface area contributed by atoms with E-state index in [0.29, 0.717) is 11.7 Å². The van der Waals surface area contributed by atoms with Crippen molar-refractivity contribution in [2.75, 3.05) is 0 Å². The van der Waals surface area contributed by atoms with E-state index in [4.69, 9.17) is 0 Å². The van der Waals surface area contributed by atoms with E-state index in [-0.39, 0.29) is 5.92 Å². The van der Waals surface area contributed by atoms with Crippen LogP contribution in [0.2, 0.25) is 0 Å². The topological polar surface area (TPSA) is 17.1 Å². The number of rotatable bonds is 1. The standard InChI is InChI=1S/C16H16O/c1-11-15(8-9-16(11)17)14-7-6-12-4-2-3-5-13(12)10-14/h2-7,10-11,15H,8-9H2,1H3. The molecule has 2 aromatic carbocycles. The van der Waals surface area contributed by atoms with Gasteiger partial charge in [0.2, 0.25) is 0 Å². The van der Waals surface area contributed by atoms with E-state index in [9.17, 15) is 4.79 Å². The van der Waals surface area contributed by atoms with Crippen molar-refractivity contribution in [1.29, 1.82) is 0 Å². The second kappa shape index (κ2) is 3.99. The van der Waals surface area contributed by atoms with Gasteiger partial charge in [-0.2, -0.15) is 0 Å². The zero-order chi connectivity index (χ0) is 11.8. The van der Waals surface area contributed by atoms with Crippen molar-refractivity contribution in [3.05, 3.63) is 48.0 Å². The van der Waals surface area contributed by atoms with Gasteiger partial charge in [0, 0.05) is 12.3 Å². The Morgan fingerprint density at radius 3 is 2.53 bits per heavy atom. The highest BCUT2D eigenvalue weighted by Crippen LogP contribution is 2.37. The Morgan fingerprint density at radius 2 is 1.82 bits per heavy atom. The van der Waals surface area contributed by atoms with Gasteiger partial charge in [0.05, 0.1) is 0 Å². The normalized spacial score (nSPS) is 24.4. The second-order valence-corrected chi connectivity index (χ2v) is 5.01. The van der Waals surface area contributed by atoms with Crippen molar-refractivity contribution in [3.8, 4) is 0 Å². The largest absolute Gasteiger partial charge is 0.299 e. The van der Waals surface area contributed by atoms with Gasteiger partial charge >= 0.3 is 0 Å². The fourth-order valence-electron chi connectivity index (χ4n) is 2.89. The lowest BCUT2D eigenvalue weighted by Crippen LogP contribution is -2.08. The van der Waals surface area contributed by atoms with Crippen LogP contribution in [0.4, 0.5) is 0 Å². The average Bonchev–Trinajstić information content (AvgIpc) is 2.70. The summed E-state index contributed by atoms with van der Waals surface area (Å²) in [5.41, 5.74) is 1.32. The molecule has 86 valence electrons. The predicted octanol–water partition coefficient (Wildman–Crippen LogP) is 3.92. The second-order valence-electron chi connectivity index (χ2n) is 5.01. The molecule has 1 aliphatic carbocycles. The first-order valence-corrected chi connectivity index (χ1v) is 6.27. The summed E-state index contributed by atoms with van der Waals surface area (Å²) in [5.74, 6) is 1.03. The zero-order valence-corrected chi connectivity index (χ0v) is 10.0. The van der Waals surface area contributed by atoms with Crippen molar-refractivity contribution in [2.45, 2.75) is 25.7 Å². The van der Waals surface area contributed by atoms with Gasteiger partial charge in [0.15, 0.2) is 0 Å². The molecule has 2 aromatic rings. The van der Waals surface area contributed by atoms with Crippen LogP contribution in [-0.2, 0) is 4.79 Å². The first-order chi connectivity index (χ1) is 8.25. The Bertz CT molecular complexity index is 571. The van der Waals surface area contributed by atoms with Gasteiger partial charge in [0.25, 0.3) is 0 Å². The molecule has 1 fully saturated rings. The highest BCUT2D eigenvalue weighted by atomic mass is 16.1. The fourth-order valence-corrected chi connectivity index (χ4v) is 2.89. The molecule has 17 heavy (non-hydrogen) atoms. The molecule has 0 N–H and O–H groups in total. The lowest BCUT2D eigenvalue weighted by Gasteiger charge is -2.15. The third kappa shape index (κ3) is 1.76. The minimum Gasteiger partial charge on any atom is -0.299 e. The lowest BCUT2D eigenvalue weighted by atomic mass is 9.89. The van der Waals surface area contributed by atoms with Gasteiger partial charge in [0.1, 0.15) is 5.78 Å². The van der Waals surface area contributed by atoms with Crippen LogP contribution < -0.4 is 0 Å². The molecule has 1 heteroatoms. The maximum atomic E-state index is 11.6.